The fourth-order valence-corrected chi connectivity index (χ4v) is 4.01. The van der Waals surface area contributed by atoms with Gasteiger partial charge >= 0.3 is 0 Å². The van der Waals surface area contributed by atoms with Crippen LogP contribution in [-0.2, 0) is 0 Å². The first kappa shape index (κ1) is 16.1. The number of hydroxylamine groups is 1. The quantitative estimate of drug-likeness (QED) is 0.394. The van der Waals surface area contributed by atoms with Crippen LogP contribution in [0, 0.1) is 16.9 Å². The van der Waals surface area contributed by atoms with E-state index < -0.39 is 18.0 Å². The van der Waals surface area contributed by atoms with Crippen molar-refractivity contribution in [3.63, 3.8) is 0 Å². The monoisotopic (exact) mass is 341 g/mol. The van der Waals surface area contributed by atoms with Crippen molar-refractivity contribution in [3.8, 4) is 5.75 Å². The number of fused-ring (bicyclic) bond motifs is 2. The van der Waals surface area contributed by atoms with Crippen molar-refractivity contribution in [2.24, 2.45) is 5.92 Å². The molecule has 1 heterocycles. The van der Waals surface area contributed by atoms with Crippen LogP contribution in [0.1, 0.15) is 36.4 Å². The van der Waals surface area contributed by atoms with Gasteiger partial charge in [0.05, 0.1) is 17.6 Å². The number of ether oxygens (including phenoxy) is 1. The SMILES string of the molecule is [O-]/[N+](=C\c1ccccc1)[C@@H]1c2cc(F)ccc2O[C@@H]2CCC[C@H](O)[C@H]12. The summed E-state index contributed by atoms with van der Waals surface area (Å²) in [6.45, 7) is 0. The molecule has 0 radical (unpaired) electrons. The summed E-state index contributed by atoms with van der Waals surface area (Å²) in [5.41, 5.74) is 1.27. The Morgan fingerprint density at radius 2 is 1.96 bits per heavy atom. The highest BCUT2D eigenvalue weighted by molar-refractivity contribution is 5.75. The highest BCUT2D eigenvalue weighted by Gasteiger charge is 2.49. The molecule has 0 amide bonds. The molecule has 0 saturated heterocycles. The molecule has 0 spiro atoms. The number of aliphatic hydroxyl groups excluding tert-OH is 1. The average Bonchev–Trinajstić information content (AvgIpc) is 2.61. The van der Waals surface area contributed by atoms with E-state index in [1.165, 1.54) is 18.3 Å². The van der Waals surface area contributed by atoms with Crippen LogP contribution in [0.3, 0.4) is 0 Å². The summed E-state index contributed by atoms with van der Waals surface area (Å²) in [5, 5.41) is 23.5. The van der Waals surface area contributed by atoms with Gasteiger partial charge in [-0.2, -0.15) is 0 Å². The second kappa shape index (κ2) is 6.48. The first-order chi connectivity index (χ1) is 12.1. The second-order valence-corrected chi connectivity index (χ2v) is 6.76. The van der Waals surface area contributed by atoms with Gasteiger partial charge in [-0.15, -0.1) is 0 Å². The summed E-state index contributed by atoms with van der Waals surface area (Å²) >= 11 is 0. The first-order valence-corrected chi connectivity index (χ1v) is 8.63. The maximum atomic E-state index is 13.8. The van der Waals surface area contributed by atoms with E-state index in [9.17, 15) is 14.7 Å². The fraction of sp³-hybridized carbons (Fsp3) is 0.350. The molecule has 4 nitrogen and oxygen atoms in total. The molecule has 1 aliphatic heterocycles. The van der Waals surface area contributed by atoms with E-state index in [1.807, 2.05) is 30.3 Å². The molecule has 0 bridgehead atoms. The van der Waals surface area contributed by atoms with Crippen molar-refractivity contribution in [1.82, 2.24) is 0 Å². The third-order valence-corrected chi connectivity index (χ3v) is 5.15. The molecule has 4 atom stereocenters. The summed E-state index contributed by atoms with van der Waals surface area (Å²) in [7, 11) is 0. The van der Waals surface area contributed by atoms with Crippen molar-refractivity contribution in [2.75, 3.05) is 0 Å². The van der Waals surface area contributed by atoms with Gasteiger partial charge in [0.2, 0.25) is 6.04 Å². The number of hydrogen-bond acceptors (Lipinski definition) is 3. The zero-order valence-electron chi connectivity index (χ0n) is 13.7. The van der Waals surface area contributed by atoms with Crippen LogP contribution >= 0.6 is 0 Å². The molecule has 1 fully saturated rings. The molecule has 130 valence electrons. The van der Waals surface area contributed by atoms with Crippen LogP contribution in [0.4, 0.5) is 4.39 Å². The molecule has 25 heavy (non-hydrogen) atoms. The molecule has 1 N–H and O–H groups in total. The highest BCUT2D eigenvalue weighted by atomic mass is 19.1. The zero-order chi connectivity index (χ0) is 17.4. The Balaban J connectivity index is 1.81. The van der Waals surface area contributed by atoms with Crippen LogP contribution in [0.2, 0.25) is 0 Å². The third-order valence-electron chi connectivity index (χ3n) is 5.15. The Morgan fingerprint density at radius 1 is 1.16 bits per heavy atom. The molecular weight excluding hydrogens is 321 g/mol. The Labute approximate surface area is 145 Å². The predicted octanol–water partition coefficient (Wildman–Crippen LogP) is 3.42. The lowest BCUT2D eigenvalue weighted by atomic mass is 9.75. The summed E-state index contributed by atoms with van der Waals surface area (Å²) < 4.78 is 20.7. The van der Waals surface area contributed by atoms with E-state index in [2.05, 4.69) is 0 Å². The smallest absolute Gasteiger partial charge is 0.201 e. The van der Waals surface area contributed by atoms with E-state index in [1.54, 1.807) is 6.07 Å². The molecule has 2 aromatic rings. The predicted molar refractivity (Wildman–Crippen MR) is 92.1 cm³/mol. The minimum atomic E-state index is -0.667. The Morgan fingerprint density at radius 3 is 2.76 bits per heavy atom. The van der Waals surface area contributed by atoms with Crippen molar-refractivity contribution in [2.45, 2.75) is 37.5 Å². The minimum Gasteiger partial charge on any atom is -0.623 e. The van der Waals surface area contributed by atoms with Gasteiger partial charge in [0, 0.05) is 5.56 Å². The molecule has 0 unspecified atom stereocenters. The van der Waals surface area contributed by atoms with E-state index in [-0.39, 0.29) is 12.0 Å². The van der Waals surface area contributed by atoms with Gasteiger partial charge in [-0.25, -0.2) is 9.13 Å². The molecule has 0 aromatic heterocycles. The van der Waals surface area contributed by atoms with E-state index >= 15 is 0 Å². The van der Waals surface area contributed by atoms with Crippen molar-refractivity contribution in [1.29, 1.82) is 0 Å². The largest absolute Gasteiger partial charge is 0.623 e. The Kier molecular flexibility index (Phi) is 4.17. The molecule has 2 aromatic carbocycles. The first-order valence-electron chi connectivity index (χ1n) is 8.63. The van der Waals surface area contributed by atoms with Gasteiger partial charge in [-0.1, -0.05) is 18.2 Å². The lowest BCUT2D eigenvalue weighted by molar-refractivity contribution is -0.523. The highest BCUT2D eigenvalue weighted by Crippen LogP contribution is 2.46. The Hall–Kier alpha value is -2.40. The minimum absolute atomic E-state index is 0.229. The summed E-state index contributed by atoms with van der Waals surface area (Å²) in [5.74, 6) is -0.256. The molecule has 5 heteroatoms. The number of hydrogen-bond donors (Lipinski definition) is 1. The van der Waals surface area contributed by atoms with Gasteiger partial charge in [0.1, 0.15) is 17.7 Å². The van der Waals surface area contributed by atoms with Crippen molar-refractivity contribution in [3.05, 3.63) is 70.7 Å². The summed E-state index contributed by atoms with van der Waals surface area (Å²) in [4.78, 5) is 0. The van der Waals surface area contributed by atoms with Gasteiger partial charge in [-0.05, 0) is 49.6 Å². The summed E-state index contributed by atoms with van der Waals surface area (Å²) in [6.07, 6.45) is 2.91. The van der Waals surface area contributed by atoms with Gasteiger partial charge in [-0.3, -0.25) is 0 Å². The summed E-state index contributed by atoms with van der Waals surface area (Å²) in [6, 6.07) is 12.9. The standard InChI is InChI=1S/C20H20FNO3/c21-14-9-10-17-15(11-14)20(19-16(23)7-4-8-18(19)25-17)22(24)12-13-5-2-1-3-6-13/h1-3,5-6,9-12,16,18-20,23H,4,7-8H2/b22-12-/t16-,18+,19-,20+/m0/s1. The van der Waals surface area contributed by atoms with Crippen LogP contribution in [0.25, 0.3) is 0 Å². The van der Waals surface area contributed by atoms with Crippen LogP contribution in [0.5, 0.6) is 5.75 Å². The van der Waals surface area contributed by atoms with Crippen LogP contribution < -0.4 is 4.74 Å². The Bertz CT molecular complexity index is 793. The maximum absolute atomic E-state index is 13.8. The van der Waals surface area contributed by atoms with Crippen molar-refractivity contribution < 1.29 is 19.0 Å². The van der Waals surface area contributed by atoms with Crippen LogP contribution in [-0.4, -0.2) is 28.3 Å². The maximum Gasteiger partial charge on any atom is 0.201 e. The molecule has 2 aliphatic rings. The number of benzene rings is 2. The lowest BCUT2D eigenvalue weighted by Gasteiger charge is -2.42. The number of nitrogens with zero attached hydrogens (tertiary/aromatic N) is 1. The van der Waals surface area contributed by atoms with Crippen LogP contribution in [0.15, 0.2) is 48.5 Å². The van der Waals surface area contributed by atoms with Gasteiger partial charge < -0.3 is 15.1 Å². The number of halogens is 1. The normalized spacial score (nSPS) is 28.6. The van der Waals surface area contributed by atoms with Gasteiger partial charge in [0.25, 0.3) is 0 Å². The molecule has 1 saturated carbocycles. The number of rotatable bonds is 2. The lowest BCUT2D eigenvalue weighted by Crippen LogP contribution is -2.48. The molecule has 4 rings (SSSR count). The van der Waals surface area contributed by atoms with E-state index in [0.29, 0.717) is 17.7 Å². The van der Waals surface area contributed by atoms with Gasteiger partial charge in [0.15, 0.2) is 6.21 Å². The second-order valence-electron chi connectivity index (χ2n) is 6.76. The fourth-order valence-electron chi connectivity index (χ4n) is 4.01. The number of aliphatic hydroxyl groups is 1. The third kappa shape index (κ3) is 3.00. The molecular formula is C20H20FNO3. The van der Waals surface area contributed by atoms with E-state index in [4.69, 9.17) is 4.74 Å². The zero-order valence-corrected chi connectivity index (χ0v) is 13.7. The molecule has 1 aliphatic carbocycles. The van der Waals surface area contributed by atoms with Crippen molar-refractivity contribution >= 4 is 6.21 Å². The average molecular weight is 341 g/mol. The topological polar surface area (TPSA) is 55.5 Å². The van der Waals surface area contributed by atoms with E-state index in [0.717, 1.165) is 23.1 Å².